The fourth-order valence-electron chi connectivity index (χ4n) is 2.04. The standard InChI is InChI=1S/C18H26OS/c1-14(2)18(12-9-15(3)19-17-10-11-17)20-13-16-7-5-4-6-8-16/h5,7-9,12,14,17H,4,6,10-11,13H2,1-3H3/b15-9+,18-12+. The summed E-state index contributed by atoms with van der Waals surface area (Å²) in [6.45, 7) is 6.58. The second-order valence-corrected chi connectivity index (χ2v) is 6.91. The lowest BCUT2D eigenvalue weighted by Gasteiger charge is -2.12. The Hall–Kier alpha value is -0.890. The van der Waals surface area contributed by atoms with Crippen LogP contribution in [0.25, 0.3) is 0 Å². The van der Waals surface area contributed by atoms with Crippen LogP contribution in [0.2, 0.25) is 0 Å². The Morgan fingerprint density at radius 2 is 2.15 bits per heavy atom. The molecule has 0 unspecified atom stereocenters. The minimum atomic E-state index is 0.493. The highest BCUT2D eigenvalue weighted by Gasteiger charge is 2.23. The minimum Gasteiger partial charge on any atom is -0.495 e. The molecule has 0 aromatic carbocycles. The third-order valence-corrected chi connectivity index (χ3v) is 4.82. The molecule has 0 N–H and O–H groups in total. The van der Waals surface area contributed by atoms with Crippen LogP contribution in [0.4, 0.5) is 0 Å². The van der Waals surface area contributed by atoms with E-state index in [4.69, 9.17) is 4.74 Å². The van der Waals surface area contributed by atoms with Crippen molar-refractivity contribution < 1.29 is 4.74 Å². The first-order valence-electron chi connectivity index (χ1n) is 7.68. The van der Waals surface area contributed by atoms with E-state index in [2.05, 4.69) is 51.2 Å². The third-order valence-electron chi connectivity index (χ3n) is 3.41. The quantitative estimate of drug-likeness (QED) is 0.444. The number of thioether (sulfide) groups is 1. The van der Waals surface area contributed by atoms with Crippen molar-refractivity contribution in [1.29, 1.82) is 0 Å². The zero-order valence-corrected chi connectivity index (χ0v) is 13.7. The molecule has 1 fully saturated rings. The van der Waals surface area contributed by atoms with Crippen molar-refractivity contribution in [3.63, 3.8) is 0 Å². The molecule has 2 rings (SSSR count). The van der Waals surface area contributed by atoms with Gasteiger partial charge in [0, 0.05) is 5.75 Å². The monoisotopic (exact) mass is 290 g/mol. The lowest BCUT2D eigenvalue weighted by molar-refractivity contribution is 0.199. The molecule has 0 aliphatic heterocycles. The van der Waals surface area contributed by atoms with Gasteiger partial charge < -0.3 is 4.74 Å². The first-order valence-corrected chi connectivity index (χ1v) is 8.67. The summed E-state index contributed by atoms with van der Waals surface area (Å²) in [5.74, 6) is 2.69. The molecular weight excluding hydrogens is 264 g/mol. The number of rotatable bonds is 7. The molecule has 2 heteroatoms. The van der Waals surface area contributed by atoms with Crippen LogP contribution in [0.5, 0.6) is 0 Å². The van der Waals surface area contributed by atoms with Gasteiger partial charge in [-0.3, -0.25) is 0 Å². The van der Waals surface area contributed by atoms with Crippen LogP contribution >= 0.6 is 11.8 Å². The predicted molar refractivity (Wildman–Crippen MR) is 89.7 cm³/mol. The molecule has 0 radical (unpaired) electrons. The van der Waals surface area contributed by atoms with Crippen LogP contribution in [-0.4, -0.2) is 11.9 Å². The zero-order chi connectivity index (χ0) is 14.4. The van der Waals surface area contributed by atoms with Crippen molar-refractivity contribution in [2.24, 2.45) is 5.92 Å². The lowest BCUT2D eigenvalue weighted by atomic mass is 10.1. The number of allylic oxidation sites excluding steroid dienone is 7. The molecule has 0 heterocycles. The maximum Gasteiger partial charge on any atom is 0.0985 e. The fourth-order valence-corrected chi connectivity index (χ4v) is 3.08. The fraction of sp³-hybridized carbons (Fsp3) is 0.556. The van der Waals surface area contributed by atoms with Crippen LogP contribution in [0.1, 0.15) is 46.5 Å². The van der Waals surface area contributed by atoms with Crippen molar-refractivity contribution in [2.45, 2.75) is 52.6 Å². The van der Waals surface area contributed by atoms with Crippen LogP contribution in [0.3, 0.4) is 0 Å². The van der Waals surface area contributed by atoms with Gasteiger partial charge in [0.2, 0.25) is 0 Å². The van der Waals surface area contributed by atoms with Gasteiger partial charge in [0.05, 0.1) is 11.9 Å². The highest BCUT2D eigenvalue weighted by molar-refractivity contribution is 8.03. The molecule has 1 saturated carbocycles. The van der Waals surface area contributed by atoms with Crippen LogP contribution in [0, 0.1) is 5.92 Å². The van der Waals surface area contributed by atoms with Gasteiger partial charge in [0.15, 0.2) is 0 Å². The topological polar surface area (TPSA) is 9.23 Å². The van der Waals surface area contributed by atoms with Gasteiger partial charge in [-0.1, -0.05) is 32.1 Å². The van der Waals surface area contributed by atoms with E-state index in [0.717, 1.165) is 11.5 Å². The summed E-state index contributed by atoms with van der Waals surface area (Å²) in [6, 6.07) is 0. The molecule has 2 aliphatic rings. The molecule has 0 amide bonds. The number of hydrogen-bond acceptors (Lipinski definition) is 2. The van der Waals surface area contributed by atoms with Gasteiger partial charge >= 0.3 is 0 Å². The van der Waals surface area contributed by atoms with E-state index >= 15 is 0 Å². The summed E-state index contributed by atoms with van der Waals surface area (Å²) >= 11 is 1.95. The SMILES string of the molecule is C/C(=C\C=C(\SCC1=CCCC=C1)C(C)C)OC1CC1. The smallest absolute Gasteiger partial charge is 0.0985 e. The largest absolute Gasteiger partial charge is 0.495 e. The van der Waals surface area contributed by atoms with Gasteiger partial charge in [-0.2, -0.15) is 0 Å². The lowest BCUT2D eigenvalue weighted by Crippen LogP contribution is -1.95. The maximum atomic E-state index is 5.77. The zero-order valence-electron chi connectivity index (χ0n) is 12.9. The van der Waals surface area contributed by atoms with E-state index < -0.39 is 0 Å². The van der Waals surface area contributed by atoms with Gasteiger partial charge in [0.1, 0.15) is 0 Å². The normalized spacial score (nSPS) is 20.3. The van der Waals surface area contributed by atoms with Crippen molar-refractivity contribution in [3.8, 4) is 0 Å². The Morgan fingerprint density at radius 3 is 2.75 bits per heavy atom. The van der Waals surface area contributed by atoms with Gasteiger partial charge in [-0.05, 0) is 61.2 Å². The summed E-state index contributed by atoms with van der Waals surface area (Å²) < 4.78 is 5.77. The molecule has 0 atom stereocenters. The second kappa shape index (κ2) is 7.78. The summed E-state index contributed by atoms with van der Waals surface area (Å²) in [4.78, 5) is 1.43. The summed E-state index contributed by atoms with van der Waals surface area (Å²) in [6.07, 6.45) is 16.6. The molecule has 20 heavy (non-hydrogen) atoms. The van der Waals surface area contributed by atoms with E-state index in [1.165, 1.54) is 36.2 Å². The Bertz CT molecular complexity index is 436. The molecule has 0 spiro atoms. The Balaban J connectivity index is 1.88. The molecule has 110 valence electrons. The van der Waals surface area contributed by atoms with Gasteiger partial charge in [0.25, 0.3) is 0 Å². The van der Waals surface area contributed by atoms with E-state index in [-0.39, 0.29) is 0 Å². The van der Waals surface area contributed by atoms with E-state index in [1.54, 1.807) is 0 Å². The molecule has 2 aliphatic carbocycles. The van der Waals surface area contributed by atoms with Crippen LogP contribution < -0.4 is 0 Å². The second-order valence-electron chi connectivity index (χ2n) is 5.87. The van der Waals surface area contributed by atoms with Crippen molar-refractivity contribution in [1.82, 2.24) is 0 Å². The van der Waals surface area contributed by atoms with Crippen molar-refractivity contribution in [3.05, 3.63) is 46.6 Å². The van der Waals surface area contributed by atoms with E-state index in [1.807, 2.05) is 11.8 Å². The van der Waals surface area contributed by atoms with Crippen molar-refractivity contribution in [2.75, 3.05) is 5.75 Å². The summed E-state index contributed by atoms with van der Waals surface area (Å²) in [5, 5.41) is 0. The summed E-state index contributed by atoms with van der Waals surface area (Å²) in [7, 11) is 0. The van der Waals surface area contributed by atoms with Crippen molar-refractivity contribution >= 4 is 11.8 Å². The molecule has 0 aromatic rings. The van der Waals surface area contributed by atoms with E-state index in [0.29, 0.717) is 12.0 Å². The van der Waals surface area contributed by atoms with Crippen LogP contribution in [0.15, 0.2) is 46.6 Å². The molecular formula is C18H26OS. The first-order chi connectivity index (χ1) is 9.65. The molecule has 0 bridgehead atoms. The third kappa shape index (κ3) is 5.62. The molecule has 0 aromatic heterocycles. The summed E-state index contributed by atoms with van der Waals surface area (Å²) in [5.41, 5.74) is 1.46. The Morgan fingerprint density at radius 1 is 1.35 bits per heavy atom. The highest BCUT2D eigenvalue weighted by Crippen LogP contribution is 2.29. The van der Waals surface area contributed by atoms with Crippen LogP contribution in [-0.2, 0) is 4.74 Å². The highest BCUT2D eigenvalue weighted by atomic mass is 32.2. The maximum absolute atomic E-state index is 5.77. The predicted octanol–water partition coefficient (Wildman–Crippen LogP) is 5.62. The average molecular weight is 290 g/mol. The Kier molecular flexibility index (Phi) is 6.03. The number of ether oxygens (including phenoxy) is 1. The van der Waals surface area contributed by atoms with Gasteiger partial charge in [-0.25, -0.2) is 0 Å². The molecule has 0 saturated heterocycles. The first kappa shape index (κ1) is 15.5. The Labute approximate surface area is 127 Å². The van der Waals surface area contributed by atoms with Gasteiger partial charge in [-0.15, -0.1) is 11.8 Å². The molecule has 1 nitrogen and oxygen atoms in total. The average Bonchev–Trinajstić information content (AvgIpc) is 3.23. The number of hydrogen-bond donors (Lipinski definition) is 0. The minimum absolute atomic E-state index is 0.493. The van der Waals surface area contributed by atoms with E-state index in [9.17, 15) is 0 Å².